The molecule has 4 nitrogen and oxygen atoms in total. The highest BCUT2D eigenvalue weighted by molar-refractivity contribution is 7.71. The van der Waals surface area contributed by atoms with E-state index in [9.17, 15) is 13.2 Å². The molecule has 1 rings (SSSR count). The van der Waals surface area contributed by atoms with Gasteiger partial charge in [0.15, 0.2) is 0 Å². The van der Waals surface area contributed by atoms with Crippen molar-refractivity contribution < 1.29 is 22.6 Å². The summed E-state index contributed by atoms with van der Waals surface area (Å²) in [7, 11) is 1.50. The minimum atomic E-state index is -4.35. The Morgan fingerprint density at radius 1 is 1.41 bits per heavy atom. The fourth-order valence-corrected chi connectivity index (χ4v) is 1.38. The van der Waals surface area contributed by atoms with E-state index in [1.165, 1.54) is 7.11 Å². The summed E-state index contributed by atoms with van der Waals surface area (Å²) in [5, 5.41) is 0. The summed E-state index contributed by atoms with van der Waals surface area (Å²) in [5.74, 6) is 0.244. The maximum absolute atomic E-state index is 11.8. The lowest BCUT2D eigenvalue weighted by molar-refractivity contribution is -0.177. The van der Waals surface area contributed by atoms with Crippen LogP contribution in [0.2, 0.25) is 0 Å². The van der Waals surface area contributed by atoms with E-state index in [0.717, 1.165) is 0 Å². The van der Waals surface area contributed by atoms with Crippen molar-refractivity contribution in [1.82, 2.24) is 9.97 Å². The van der Waals surface area contributed by atoms with Gasteiger partial charge in [0, 0.05) is 12.8 Å². The van der Waals surface area contributed by atoms with E-state index in [1.54, 1.807) is 6.07 Å². The molecule has 8 heteroatoms. The number of methoxy groups -OCH3 is 1. The quantitative estimate of drug-likeness (QED) is 0.833. The molecule has 1 heterocycles. The zero-order valence-electron chi connectivity index (χ0n) is 9.00. The molecule has 0 amide bonds. The number of rotatable bonds is 5. The second kappa shape index (κ2) is 6.08. The predicted octanol–water partition coefficient (Wildman–Crippen LogP) is 2.36. The Balaban J connectivity index is 2.62. The standard InChI is InChI=1S/C9H11F3N2O2S/c1-15-3-6-2-8(17)14-7(13-6)4-16-5-9(10,11)12/h2H,3-5H2,1H3,(H,13,14,17). The van der Waals surface area contributed by atoms with Crippen molar-refractivity contribution in [1.29, 1.82) is 0 Å². The Morgan fingerprint density at radius 3 is 2.71 bits per heavy atom. The van der Waals surface area contributed by atoms with E-state index in [2.05, 4.69) is 14.7 Å². The van der Waals surface area contributed by atoms with E-state index in [-0.39, 0.29) is 23.7 Å². The minimum absolute atomic E-state index is 0.244. The fraction of sp³-hybridized carbons (Fsp3) is 0.556. The van der Waals surface area contributed by atoms with Gasteiger partial charge in [0.25, 0.3) is 0 Å². The molecule has 0 radical (unpaired) electrons. The van der Waals surface area contributed by atoms with Gasteiger partial charge in [-0.2, -0.15) is 13.2 Å². The number of alkyl halides is 3. The van der Waals surface area contributed by atoms with Crippen LogP contribution in [0, 0.1) is 4.64 Å². The Bertz CT molecular complexity index is 419. The van der Waals surface area contributed by atoms with Crippen molar-refractivity contribution in [3.8, 4) is 0 Å². The van der Waals surface area contributed by atoms with Crippen molar-refractivity contribution in [2.75, 3.05) is 13.7 Å². The number of nitrogens with one attached hydrogen (secondary N) is 1. The molecule has 0 aliphatic heterocycles. The number of H-pyrrole nitrogens is 1. The molecule has 0 spiro atoms. The highest BCUT2D eigenvalue weighted by Gasteiger charge is 2.27. The van der Waals surface area contributed by atoms with Crippen LogP contribution in [-0.2, 0) is 22.7 Å². The summed E-state index contributed by atoms with van der Waals surface area (Å²) in [6, 6.07) is 1.58. The molecule has 1 aromatic rings. The third kappa shape index (κ3) is 5.76. The van der Waals surface area contributed by atoms with Gasteiger partial charge in [-0.05, 0) is 6.07 Å². The number of halogens is 3. The monoisotopic (exact) mass is 268 g/mol. The molecule has 0 atom stereocenters. The van der Waals surface area contributed by atoms with E-state index in [1.807, 2.05) is 0 Å². The van der Waals surface area contributed by atoms with Crippen molar-refractivity contribution >= 4 is 12.2 Å². The molecule has 0 saturated heterocycles. The molecule has 1 aromatic heterocycles. The SMILES string of the molecule is COCc1cc(=S)nc(COCC(F)(F)F)[nH]1. The third-order valence-electron chi connectivity index (χ3n) is 1.65. The summed E-state index contributed by atoms with van der Waals surface area (Å²) >= 11 is 4.86. The average molecular weight is 268 g/mol. The lowest BCUT2D eigenvalue weighted by Gasteiger charge is -2.08. The number of aromatic amines is 1. The van der Waals surface area contributed by atoms with Crippen LogP contribution in [0.25, 0.3) is 0 Å². The maximum Gasteiger partial charge on any atom is 0.411 e. The number of nitrogens with zero attached hydrogens (tertiary/aromatic N) is 1. The van der Waals surface area contributed by atoms with Crippen molar-refractivity contribution in [3.63, 3.8) is 0 Å². The minimum Gasteiger partial charge on any atom is -0.378 e. The molecule has 0 aliphatic rings. The normalized spacial score (nSPS) is 11.8. The number of ether oxygens (including phenoxy) is 2. The number of aromatic nitrogens is 2. The first kappa shape index (κ1) is 14.1. The van der Waals surface area contributed by atoms with Gasteiger partial charge >= 0.3 is 6.18 Å². The molecule has 0 bridgehead atoms. The Morgan fingerprint density at radius 2 is 2.12 bits per heavy atom. The van der Waals surface area contributed by atoms with Crippen LogP contribution >= 0.6 is 12.2 Å². The van der Waals surface area contributed by atoms with Crippen molar-refractivity contribution in [2.45, 2.75) is 19.4 Å². The van der Waals surface area contributed by atoms with Gasteiger partial charge in [-0.15, -0.1) is 0 Å². The summed E-state index contributed by atoms with van der Waals surface area (Å²) in [4.78, 5) is 6.62. The zero-order valence-corrected chi connectivity index (χ0v) is 9.82. The van der Waals surface area contributed by atoms with Gasteiger partial charge in [0.2, 0.25) is 0 Å². The van der Waals surface area contributed by atoms with E-state index in [4.69, 9.17) is 17.0 Å². The molecule has 96 valence electrons. The van der Waals surface area contributed by atoms with E-state index in [0.29, 0.717) is 5.69 Å². The van der Waals surface area contributed by atoms with Crippen LogP contribution in [0.4, 0.5) is 13.2 Å². The van der Waals surface area contributed by atoms with Crippen LogP contribution in [0.1, 0.15) is 11.5 Å². The molecule has 1 N–H and O–H groups in total. The molecule has 17 heavy (non-hydrogen) atoms. The summed E-state index contributed by atoms with van der Waals surface area (Å²) in [6.45, 7) is -1.32. The van der Waals surface area contributed by atoms with Crippen LogP contribution in [0.3, 0.4) is 0 Å². The molecule has 0 aliphatic carbocycles. The third-order valence-corrected chi connectivity index (χ3v) is 1.86. The molecular formula is C9H11F3N2O2S. The highest BCUT2D eigenvalue weighted by Crippen LogP contribution is 2.15. The van der Waals surface area contributed by atoms with E-state index >= 15 is 0 Å². The van der Waals surface area contributed by atoms with Gasteiger partial charge in [0.1, 0.15) is 23.7 Å². The first-order valence-electron chi connectivity index (χ1n) is 4.63. The average Bonchev–Trinajstić information content (AvgIpc) is 2.15. The predicted molar refractivity (Wildman–Crippen MR) is 55.8 cm³/mol. The Hall–Kier alpha value is -0.990. The molecule has 0 aromatic carbocycles. The van der Waals surface area contributed by atoms with Crippen molar-refractivity contribution in [2.24, 2.45) is 0 Å². The second-order valence-electron chi connectivity index (χ2n) is 3.23. The lowest BCUT2D eigenvalue weighted by atomic mass is 10.4. The summed E-state index contributed by atoms with van der Waals surface area (Å²) < 4.78 is 45.1. The van der Waals surface area contributed by atoms with E-state index < -0.39 is 12.8 Å². The maximum atomic E-state index is 11.8. The molecule has 0 fully saturated rings. The second-order valence-corrected chi connectivity index (χ2v) is 3.65. The van der Waals surface area contributed by atoms with Gasteiger partial charge < -0.3 is 14.5 Å². The van der Waals surface area contributed by atoms with Gasteiger partial charge in [0.05, 0.1) is 6.61 Å². The van der Waals surface area contributed by atoms with Gasteiger partial charge in [-0.1, -0.05) is 12.2 Å². The van der Waals surface area contributed by atoms with Gasteiger partial charge in [-0.25, -0.2) is 4.98 Å². The molecule has 0 unspecified atom stereocenters. The number of hydrogen-bond donors (Lipinski definition) is 1. The topological polar surface area (TPSA) is 47.1 Å². The lowest BCUT2D eigenvalue weighted by Crippen LogP contribution is -2.17. The smallest absolute Gasteiger partial charge is 0.378 e. The Kier molecular flexibility index (Phi) is 5.03. The largest absolute Gasteiger partial charge is 0.411 e. The van der Waals surface area contributed by atoms with Crippen LogP contribution in [0.5, 0.6) is 0 Å². The highest BCUT2D eigenvalue weighted by atomic mass is 32.1. The molecular weight excluding hydrogens is 257 g/mol. The van der Waals surface area contributed by atoms with Gasteiger partial charge in [-0.3, -0.25) is 0 Å². The number of hydrogen-bond acceptors (Lipinski definition) is 4. The zero-order chi connectivity index (χ0) is 12.9. The van der Waals surface area contributed by atoms with Crippen LogP contribution in [-0.4, -0.2) is 29.9 Å². The van der Waals surface area contributed by atoms with Crippen molar-refractivity contribution in [3.05, 3.63) is 22.2 Å². The molecule has 0 saturated carbocycles. The first-order chi connectivity index (χ1) is 7.90. The van der Waals surface area contributed by atoms with Crippen LogP contribution < -0.4 is 0 Å². The Labute approximate surface area is 101 Å². The summed E-state index contributed by atoms with van der Waals surface area (Å²) in [6.07, 6.45) is -4.35. The first-order valence-corrected chi connectivity index (χ1v) is 5.04. The summed E-state index contributed by atoms with van der Waals surface area (Å²) in [5.41, 5.74) is 0.637. The fourth-order valence-electron chi connectivity index (χ4n) is 1.13. The van der Waals surface area contributed by atoms with Crippen LogP contribution in [0.15, 0.2) is 6.07 Å².